The molecule has 8 heteroatoms. The molecule has 4 N–H and O–H groups in total. The van der Waals surface area contributed by atoms with Gasteiger partial charge in [0, 0.05) is 0 Å². The quantitative estimate of drug-likeness (QED) is 0.456. The molecule has 0 fully saturated rings. The number of hydrogen-bond donors (Lipinski definition) is 3. The number of nitrogens with two attached hydrogens (primary N) is 1. The van der Waals surface area contributed by atoms with E-state index in [1.165, 1.54) is 6.20 Å². The Kier molecular flexibility index (Phi) is 7.59. The number of carbonyl (C=O) groups is 1. The molecule has 19 heavy (non-hydrogen) atoms. The van der Waals surface area contributed by atoms with Crippen molar-refractivity contribution < 1.29 is 9.53 Å². The predicted molar refractivity (Wildman–Crippen MR) is 76.5 cm³/mol. The van der Waals surface area contributed by atoms with Crippen molar-refractivity contribution in [1.82, 2.24) is 10.2 Å². The van der Waals surface area contributed by atoms with Crippen molar-refractivity contribution in [1.29, 1.82) is 0 Å². The van der Waals surface area contributed by atoms with E-state index in [1.54, 1.807) is 0 Å². The van der Waals surface area contributed by atoms with Crippen LogP contribution in [0.15, 0.2) is 36.5 Å². The van der Waals surface area contributed by atoms with Gasteiger partial charge in [-0.2, -0.15) is 5.10 Å². The highest BCUT2D eigenvalue weighted by atomic mass is 35.5. The number of hydrazine groups is 1. The summed E-state index contributed by atoms with van der Waals surface area (Å²) in [5.41, 5.74) is 3.54. The Morgan fingerprint density at radius 1 is 1.32 bits per heavy atom. The van der Waals surface area contributed by atoms with Crippen LogP contribution in [0.5, 0.6) is 0 Å². The fraction of sp³-hybridized carbons (Fsp3) is 0.0909. The largest absolute Gasteiger partial charge is 0.457 e. The first kappa shape index (κ1) is 17.2. The van der Waals surface area contributed by atoms with E-state index in [0.717, 1.165) is 5.56 Å². The molecular formula is C11H14Cl2N4O2. The summed E-state index contributed by atoms with van der Waals surface area (Å²) in [6.07, 6.45) is 1.36. The Labute approximate surface area is 122 Å². The Morgan fingerprint density at radius 3 is 2.63 bits per heavy atom. The standard InChI is InChI=1S/C11H12N4O2.2ClH/c12-14-10-9(6-13-15-10)11(16)17-7-8-4-2-1-3-5-8;;/h1-6H,7,12H2,(H2,13,14,15);2*1H. The van der Waals surface area contributed by atoms with Crippen LogP contribution in [0.4, 0.5) is 5.82 Å². The van der Waals surface area contributed by atoms with Crippen molar-refractivity contribution in [3.05, 3.63) is 47.7 Å². The third-order valence-corrected chi connectivity index (χ3v) is 2.22. The van der Waals surface area contributed by atoms with Gasteiger partial charge < -0.3 is 10.2 Å². The number of nitrogen functional groups attached to an aromatic ring is 1. The summed E-state index contributed by atoms with van der Waals surface area (Å²) < 4.78 is 5.12. The molecule has 6 nitrogen and oxygen atoms in total. The minimum absolute atomic E-state index is 0. The molecule has 1 aromatic carbocycles. The Morgan fingerprint density at radius 2 is 2.00 bits per heavy atom. The summed E-state index contributed by atoms with van der Waals surface area (Å²) in [5, 5.41) is 6.25. The highest BCUT2D eigenvalue weighted by Crippen LogP contribution is 2.12. The maximum absolute atomic E-state index is 11.7. The molecule has 2 aromatic rings. The third-order valence-electron chi connectivity index (χ3n) is 2.22. The number of H-pyrrole nitrogens is 1. The summed E-state index contributed by atoms with van der Waals surface area (Å²) in [4.78, 5) is 11.7. The van der Waals surface area contributed by atoms with E-state index >= 15 is 0 Å². The molecule has 0 unspecified atom stereocenters. The van der Waals surface area contributed by atoms with Gasteiger partial charge in [0.2, 0.25) is 0 Å². The van der Waals surface area contributed by atoms with Crippen molar-refractivity contribution in [3.63, 3.8) is 0 Å². The highest BCUT2D eigenvalue weighted by Gasteiger charge is 2.14. The Bertz CT molecular complexity index is 504. The van der Waals surface area contributed by atoms with E-state index in [2.05, 4.69) is 15.6 Å². The zero-order valence-corrected chi connectivity index (χ0v) is 11.5. The molecule has 0 amide bonds. The summed E-state index contributed by atoms with van der Waals surface area (Å²) in [6, 6.07) is 9.43. The van der Waals surface area contributed by atoms with Gasteiger partial charge in [-0.1, -0.05) is 30.3 Å². The van der Waals surface area contributed by atoms with Gasteiger partial charge in [-0.15, -0.1) is 24.8 Å². The molecule has 0 aliphatic rings. The molecule has 1 heterocycles. The number of aromatic amines is 1. The molecule has 0 atom stereocenters. The zero-order valence-electron chi connectivity index (χ0n) is 9.83. The highest BCUT2D eigenvalue weighted by molar-refractivity contribution is 5.94. The number of aromatic nitrogens is 2. The second-order valence-corrected chi connectivity index (χ2v) is 3.36. The zero-order chi connectivity index (χ0) is 12.1. The number of halogens is 2. The molecular weight excluding hydrogens is 291 g/mol. The van der Waals surface area contributed by atoms with E-state index in [-0.39, 0.29) is 37.0 Å². The molecule has 1 aromatic heterocycles. The second kappa shape index (κ2) is 8.36. The summed E-state index contributed by atoms with van der Waals surface area (Å²) in [5.74, 6) is 5.07. The lowest BCUT2D eigenvalue weighted by Gasteiger charge is -2.04. The SMILES string of the molecule is Cl.Cl.NNc1[nH]ncc1C(=O)OCc1ccccc1. The van der Waals surface area contributed by atoms with Gasteiger partial charge >= 0.3 is 5.97 Å². The predicted octanol–water partition coefficient (Wildman–Crippen LogP) is 1.90. The molecule has 0 radical (unpaired) electrons. The molecule has 0 bridgehead atoms. The van der Waals surface area contributed by atoms with E-state index in [1.807, 2.05) is 30.3 Å². The van der Waals surface area contributed by atoms with Gasteiger partial charge in [0.15, 0.2) is 5.82 Å². The number of nitrogens with one attached hydrogen (secondary N) is 2. The first-order valence-electron chi connectivity index (χ1n) is 5.02. The topological polar surface area (TPSA) is 93.0 Å². The van der Waals surface area contributed by atoms with Gasteiger partial charge in [0.1, 0.15) is 12.2 Å². The average Bonchev–Trinajstić information content (AvgIpc) is 2.85. The summed E-state index contributed by atoms with van der Waals surface area (Å²) in [7, 11) is 0. The number of nitrogens with zero attached hydrogens (tertiary/aromatic N) is 1. The molecule has 0 saturated carbocycles. The minimum Gasteiger partial charge on any atom is -0.457 e. The fourth-order valence-corrected chi connectivity index (χ4v) is 1.35. The van der Waals surface area contributed by atoms with Gasteiger partial charge in [-0.3, -0.25) is 5.10 Å². The van der Waals surface area contributed by atoms with Crippen LogP contribution in [-0.2, 0) is 11.3 Å². The van der Waals surface area contributed by atoms with Crippen molar-refractivity contribution in [2.24, 2.45) is 5.84 Å². The van der Waals surface area contributed by atoms with Crippen LogP contribution in [0.2, 0.25) is 0 Å². The Hall–Kier alpha value is -1.76. The average molecular weight is 305 g/mol. The van der Waals surface area contributed by atoms with Crippen LogP contribution >= 0.6 is 24.8 Å². The third kappa shape index (κ3) is 4.44. The van der Waals surface area contributed by atoms with Crippen LogP contribution in [0.3, 0.4) is 0 Å². The fourth-order valence-electron chi connectivity index (χ4n) is 1.35. The van der Waals surface area contributed by atoms with Crippen LogP contribution < -0.4 is 11.3 Å². The molecule has 0 spiro atoms. The maximum Gasteiger partial charge on any atom is 0.343 e. The minimum atomic E-state index is -0.476. The summed E-state index contributed by atoms with van der Waals surface area (Å²) in [6.45, 7) is 0.217. The molecule has 104 valence electrons. The van der Waals surface area contributed by atoms with Gasteiger partial charge in [0.25, 0.3) is 0 Å². The van der Waals surface area contributed by atoms with Crippen molar-refractivity contribution in [2.45, 2.75) is 6.61 Å². The number of anilines is 1. The van der Waals surface area contributed by atoms with Gasteiger partial charge in [-0.05, 0) is 5.56 Å². The van der Waals surface area contributed by atoms with Crippen LogP contribution in [-0.4, -0.2) is 16.2 Å². The molecule has 0 aliphatic carbocycles. The van der Waals surface area contributed by atoms with Gasteiger partial charge in [0.05, 0.1) is 6.20 Å². The summed E-state index contributed by atoms with van der Waals surface area (Å²) >= 11 is 0. The maximum atomic E-state index is 11.7. The molecule has 0 aliphatic heterocycles. The van der Waals surface area contributed by atoms with E-state index < -0.39 is 5.97 Å². The van der Waals surface area contributed by atoms with Gasteiger partial charge in [-0.25, -0.2) is 10.6 Å². The van der Waals surface area contributed by atoms with E-state index in [9.17, 15) is 4.79 Å². The lowest BCUT2D eigenvalue weighted by molar-refractivity contribution is 0.0474. The second-order valence-electron chi connectivity index (χ2n) is 3.36. The molecule has 0 saturated heterocycles. The number of carbonyl (C=O) groups excluding carboxylic acids is 1. The molecule has 2 rings (SSSR count). The van der Waals surface area contributed by atoms with Crippen LogP contribution in [0, 0.1) is 0 Å². The first-order chi connectivity index (χ1) is 8.31. The smallest absolute Gasteiger partial charge is 0.343 e. The normalized spacial score (nSPS) is 8.89. The number of esters is 1. The lowest BCUT2D eigenvalue weighted by atomic mass is 10.2. The lowest BCUT2D eigenvalue weighted by Crippen LogP contribution is -2.12. The Balaban J connectivity index is 0.00000162. The van der Waals surface area contributed by atoms with E-state index in [4.69, 9.17) is 10.6 Å². The van der Waals surface area contributed by atoms with E-state index in [0.29, 0.717) is 5.82 Å². The number of benzene rings is 1. The van der Waals surface area contributed by atoms with Crippen molar-refractivity contribution >= 4 is 36.6 Å². The number of rotatable bonds is 4. The van der Waals surface area contributed by atoms with Crippen molar-refractivity contribution in [3.8, 4) is 0 Å². The monoisotopic (exact) mass is 304 g/mol. The van der Waals surface area contributed by atoms with Crippen molar-refractivity contribution in [2.75, 3.05) is 5.43 Å². The number of ether oxygens (including phenoxy) is 1. The first-order valence-corrected chi connectivity index (χ1v) is 5.02. The van der Waals surface area contributed by atoms with Crippen LogP contribution in [0.1, 0.15) is 15.9 Å². The number of hydrogen-bond acceptors (Lipinski definition) is 5. The van der Waals surface area contributed by atoms with Crippen LogP contribution in [0.25, 0.3) is 0 Å².